The summed E-state index contributed by atoms with van der Waals surface area (Å²) in [5.41, 5.74) is 3.59. The van der Waals surface area contributed by atoms with E-state index in [0.29, 0.717) is 25.0 Å². The predicted molar refractivity (Wildman–Crippen MR) is 96.9 cm³/mol. The van der Waals surface area contributed by atoms with Crippen LogP contribution in [-0.2, 0) is 15.9 Å². The number of ketones is 1. The molecule has 1 heterocycles. The Morgan fingerprint density at radius 2 is 1.92 bits per heavy atom. The van der Waals surface area contributed by atoms with Crippen molar-refractivity contribution in [3.05, 3.63) is 70.5 Å². The van der Waals surface area contributed by atoms with Gasteiger partial charge in [-0.25, -0.2) is 4.39 Å². The van der Waals surface area contributed by atoms with E-state index in [1.54, 1.807) is 6.07 Å². The standard InChI is InChI=1S/C22H23FO3/c1-22(2)25-13-17(26-22)9-10-19-18-6-4-3-5-14(18)11-15-7-8-16(23)12-20(15)21(19)24/h3-8,12,17,19H,9-11,13H2,1-2H3. The molecule has 1 fully saturated rings. The molecule has 3 nitrogen and oxygen atoms in total. The Morgan fingerprint density at radius 1 is 1.12 bits per heavy atom. The number of rotatable bonds is 3. The van der Waals surface area contributed by atoms with Crippen LogP contribution in [0.2, 0.25) is 0 Å². The van der Waals surface area contributed by atoms with Crippen LogP contribution in [0.5, 0.6) is 0 Å². The van der Waals surface area contributed by atoms with Crippen molar-refractivity contribution in [3.63, 3.8) is 0 Å². The molecule has 0 amide bonds. The molecule has 2 unspecified atom stereocenters. The molecule has 4 rings (SSSR count). The molecule has 0 N–H and O–H groups in total. The maximum Gasteiger partial charge on any atom is 0.170 e. The van der Waals surface area contributed by atoms with E-state index >= 15 is 0 Å². The Bertz CT molecular complexity index is 843. The van der Waals surface area contributed by atoms with Gasteiger partial charge in [0.1, 0.15) is 5.82 Å². The minimum atomic E-state index is -0.564. The van der Waals surface area contributed by atoms with Crippen LogP contribution < -0.4 is 0 Å². The number of hydrogen-bond donors (Lipinski definition) is 0. The van der Waals surface area contributed by atoms with Gasteiger partial charge in [0.05, 0.1) is 12.7 Å². The fraction of sp³-hybridized carbons (Fsp3) is 0.409. The molecule has 0 saturated carbocycles. The maximum atomic E-state index is 13.8. The van der Waals surface area contributed by atoms with Crippen LogP contribution in [0.15, 0.2) is 42.5 Å². The van der Waals surface area contributed by atoms with Crippen LogP contribution in [-0.4, -0.2) is 24.3 Å². The number of Topliss-reactive ketones (excluding diaryl/α,β-unsaturated/α-hetero) is 1. The molecule has 0 bridgehead atoms. The molecule has 2 aliphatic rings. The third kappa shape index (κ3) is 3.31. The lowest BCUT2D eigenvalue weighted by atomic mass is 9.86. The second kappa shape index (κ2) is 6.60. The first-order chi connectivity index (χ1) is 12.4. The van der Waals surface area contributed by atoms with E-state index in [9.17, 15) is 9.18 Å². The molecule has 1 aliphatic carbocycles. The Hall–Kier alpha value is -2.04. The van der Waals surface area contributed by atoms with Crippen molar-refractivity contribution in [1.29, 1.82) is 0 Å². The Morgan fingerprint density at radius 3 is 2.69 bits per heavy atom. The molecule has 26 heavy (non-hydrogen) atoms. The molecule has 4 heteroatoms. The van der Waals surface area contributed by atoms with E-state index in [1.807, 2.05) is 32.0 Å². The van der Waals surface area contributed by atoms with Crippen molar-refractivity contribution >= 4 is 5.78 Å². The summed E-state index contributed by atoms with van der Waals surface area (Å²) in [6.45, 7) is 4.34. The van der Waals surface area contributed by atoms with Crippen LogP contribution >= 0.6 is 0 Å². The first-order valence-corrected chi connectivity index (χ1v) is 9.15. The Kier molecular flexibility index (Phi) is 4.41. The number of hydrogen-bond acceptors (Lipinski definition) is 3. The minimum Gasteiger partial charge on any atom is -0.348 e. The molecule has 136 valence electrons. The summed E-state index contributed by atoms with van der Waals surface area (Å²) in [7, 11) is 0. The zero-order valence-corrected chi connectivity index (χ0v) is 15.1. The highest BCUT2D eigenvalue weighted by Gasteiger charge is 2.35. The van der Waals surface area contributed by atoms with Crippen molar-refractivity contribution in [2.75, 3.05) is 6.61 Å². The average Bonchev–Trinajstić information content (AvgIpc) is 2.91. The first-order valence-electron chi connectivity index (χ1n) is 9.15. The normalized spacial score (nSPS) is 24.0. The highest BCUT2D eigenvalue weighted by atomic mass is 19.1. The lowest BCUT2D eigenvalue weighted by Crippen LogP contribution is -2.22. The molecular weight excluding hydrogens is 331 g/mol. The van der Waals surface area contributed by atoms with Gasteiger partial charge < -0.3 is 9.47 Å². The highest BCUT2D eigenvalue weighted by molar-refractivity contribution is 6.03. The van der Waals surface area contributed by atoms with E-state index in [1.165, 1.54) is 12.1 Å². The van der Waals surface area contributed by atoms with Crippen LogP contribution in [0.4, 0.5) is 4.39 Å². The van der Waals surface area contributed by atoms with Gasteiger partial charge in [-0.3, -0.25) is 4.79 Å². The first kappa shape index (κ1) is 17.4. The Balaban J connectivity index is 1.64. The van der Waals surface area contributed by atoms with Gasteiger partial charge in [0.2, 0.25) is 0 Å². The lowest BCUT2D eigenvalue weighted by molar-refractivity contribution is -0.139. The number of halogens is 1. The van der Waals surface area contributed by atoms with Gasteiger partial charge in [-0.2, -0.15) is 0 Å². The van der Waals surface area contributed by atoms with Crippen molar-refractivity contribution in [2.45, 2.75) is 50.9 Å². The quantitative estimate of drug-likeness (QED) is 0.806. The van der Waals surface area contributed by atoms with Gasteiger partial charge in [-0.15, -0.1) is 0 Å². The minimum absolute atomic E-state index is 0.00243. The van der Waals surface area contributed by atoms with Crippen molar-refractivity contribution < 1.29 is 18.7 Å². The molecular formula is C22H23FO3. The van der Waals surface area contributed by atoms with Gasteiger partial charge in [-0.1, -0.05) is 30.3 Å². The fourth-order valence-electron chi connectivity index (χ4n) is 4.05. The average molecular weight is 354 g/mol. The predicted octanol–water partition coefficient (Wildman–Crippen LogP) is 4.63. The molecule has 1 aliphatic heterocycles. The SMILES string of the molecule is CC1(C)OCC(CCC2C(=O)c3cc(F)ccc3Cc3ccccc32)O1. The summed E-state index contributed by atoms with van der Waals surface area (Å²) >= 11 is 0. The van der Waals surface area contributed by atoms with Crippen LogP contribution in [0.3, 0.4) is 0 Å². The van der Waals surface area contributed by atoms with Crippen molar-refractivity contribution in [3.8, 4) is 0 Å². The highest BCUT2D eigenvalue weighted by Crippen LogP contribution is 2.36. The summed E-state index contributed by atoms with van der Waals surface area (Å²) in [6, 6.07) is 12.6. The van der Waals surface area contributed by atoms with Crippen molar-refractivity contribution in [2.24, 2.45) is 0 Å². The zero-order valence-electron chi connectivity index (χ0n) is 15.1. The van der Waals surface area contributed by atoms with Gasteiger partial charge in [-0.05, 0) is 61.9 Å². The van der Waals surface area contributed by atoms with Gasteiger partial charge >= 0.3 is 0 Å². The van der Waals surface area contributed by atoms with Crippen LogP contribution in [0, 0.1) is 5.82 Å². The van der Waals surface area contributed by atoms with E-state index in [4.69, 9.17) is 9.47 Å². The van der Waals surface area contributed by atoms with E-state index in [2.05, 4.69) is 6.07 Å². The number of carbonyl (C=O) groups excluding carboxylic acids is 1. The number of benzene rings is 2. The topological polar surface area (TPSA) is 35.5 Å². The Labute approximate surface area is 153 Å². The van der Waals surface area contributed by atoms with E-state index in [0.717, 1.165) is 23.1 Å². The number of fused-ring (bicyclic) bond motifs is 2. The monoisotopic (exact) mass is 354 g/mol. The molecule has 2 atom stereocenters. The van der Waals surface area contributed by atoms with Crippen LogP contribution in [0.1, 0.15) is 59.7 Å². The molecule has 0 spiro atoms. The third-order valence-corrected chi connectivity index (χ3v) is 5.31. The second-order valence-electron chi connectivity index (χ2n) is 7.62. The van der Waals surface area contributed by atoms with Gasteiger partial charge in [0.15, 0.2) is 11.6 Å². The summed E-state index contributed by atoms with van der Waals surface area (Å²) < 4.78 is 25.3. The number of ether oxygens (including phenoxy) is 2. The fourth-order valence-corrected chi connectivity index (χ4v) is 4.05. The maximum absolute atomic E-state index is 13.8. The summed E-state index contributed by atoms with van der Waals surface area (Å²) in [6.07, 6.45) is 2.04. The van der Waals surface area contributed by atoms with Crippen LogP contribution in [0.25, 0.3) is 0 Å². The number of carbonyl (C=O) groups is 1. The summed E-state index contributed by atoms with van der Waals surface area (Å²) in [5.74, 6) is -1.20. The zero-order chi connectivity index (χ0) is 18.3. The largest absolute Gasteiger partial charge is 0.348 e. The molecule has 2 aromatic carbocycles. The third-order valence-electron chi connectivity index (χ3n) is 5.31. The summed E-state index contributed by atoms with van der Waals surface area (Å²) in [4.78, 5) is 13.2. The molecule has 0 radical (unpaired) electrons. The van der Waals surface area contributed by atoms with E-state index in [-0.39, 0.29) is 23.6 Å². The molecule has 1 saturated heterocycles. The molecule has 2 aromatic rings. The summed E-state index contributed by atoms with van der Waals surface area (Å²) in [5, 5.41) is 0. The lowest BCUT2D eigenvalue weighted by Gasteiger charge is -2.20. The van der Waals surface area contributed by atoms with E-state index < -0.39 is 5.79 Å². The van der Waals surface area contributed by atoms with Crippen molar-refractivity contribution in [1.82, 2.24) is 0 Å². The smallest absolute Gasteiger partial charge is 0.170 e. The second-order valence-corrected chi connectivity index (χ2v) is 7.62. The van der Waals surface area contributed by atoms with Gasteiger partial charge in [0, 0.05) is 11.5 Å². The molecule has 0 aromatic heterocycles. The van der Waals surface area contributed by atoms with Gasteiger partial charge in [0.25, 0.3) is 0 Å².